The lowest BCUT2D eigenvalue weighted by atomic mass is 10.0. The van der Waals surface area contributed by atoms with E-state index in [4.69, 9.17) is 0 Å². The van der Waals surface area contributed by atoms with Crippen LogP contribution in [0.1, 0.15) is 36.1 Å². The molecule has 0 fully saturated rings. The molecule has 0 aromatic heterocycles. The molecule has 0 atom stereocenters. The van der Waals surface area contributed by atoms with Gasteiger partial charge in [-0.05, 0) is 65.8 Å². The lowest BCUT2D eigenvalue weighted by Crippen LogP contribution is -1.81. The zero-order chi connectivity index (χ0) is 13.2. The van der Waals surface area contributed by atoms with Gasteiger partial charge in [0.25, 0.3) is 0 Å². The molecule has 0 amide bonds. The number of fused-ring (bicyclic) bond motifs is 3. The van der Waals surface area contributed by atoms with Gasteiger partial charge in [0.05, 0.1) is 0 Å². The molecule has 2 aromatic rings. The van der Waals surface area contributed by atoms with Crippen molar-refractivity contribution in [3.8, 4) is 11.1 Å². The third-order valence-electron chi connectivity index (χ3n) is 3.66. The van der Waals surface area contributed by atoms with Gasteiger partial charge in [-0.15, -0.1) is 0 Å². The second-order valence-corrected chi connectivity index (χ2v) is 5.01. The van der Waals surface area contributed by atoms with E-state index in [0.29, 0.717) is 0 Å². The van der Waals surface area contributed by atoms with Gasteiger partial charge in [-0.1, -0.05) is 48.6 Å². The third kappa shape index (κ3) is 2.15. The summed E-state index contributed by atoms with van der Waals surface area (Å²) in [7, 11) is 0. The average Bonchev–Trinajstić information content (AvgIpc) is 2.77. The van der Waals surface area contributed by atoms with Gasteiger partial charge in [0.15, 0.2) is 0 Å². The van der Waals surface area contributed by atoms with Crippen LogP contribution in [0.5, 0.6) is 0 Å². The lowest BCUT2D eigenvalue weighted by molar-refractivity contribution is 1.26. The van der Waals surface area contributed by atoms with Crippen LogP contribution in [-0.2, 0) is 6.42 Å². The monoisotopic (exact) mass is 246 g/mol. The minimum absolute atomic E-state index is 1.07. The number of allylic oxidation sites excluding steroid dienone is 2. The lowest BCUT2D eigenvalue weighted by Gasteiger charge is -2.04. The van der Waals surface area contributed by atoms with Gasteiger partial charge < -0.3 is 0 Å². The highest BCUT2D eigenvalue weighted by molar-refractivity contribution is 5.80. The van der Waals surface area contributed by atoms with E-state index in [0.717, 1.165) is 6.42 Å². The Morgan fingerprint density at radius 2 is 1.21 bits per heavy atom. The molecule has 0 radical (unpaired) electrons. The van der Waals surface area contributed by atoms with Crippen molar-refractivity contribution in [2.75, 3.05) is 0 Å². The van der Waals surface area contributed by atoms with Crippen LogP contribution < -0.4 is 0 Å². The van der Waals surface area contributed by atoms with Crippen LogP contribution in [0.4, 0.5) is 0 Å². The van der Waals surface area contributed by atoms with E-state index >= 15 is 0 Å². The van der Waals surface area contributed by atoms with Crippen LogP contribution in [-0.4, -0.2) is 0 Å². The summed E-state index contributed by atoms with van der Waals surface area (Å²) in [6.45, 7) is 4.12. The van der Waals surface area contributed by atoms with Gasteiger partial charge in [0, 0.05) is 0 Å². The van der Waals surface area contributed by atoms with Gasteiger partial charge in [0.2, 0.25) is 0 Å². The molecule has 0 bridgehead atoms. The van der Waals surface area contributed by atoms with E-state index in [2.05, 4.69) is 74.5 Å². The highest BCUT2D eigenvalue weighted by Crippen LogP contribution is 2.38. The van der Waals surface area contributed by atoms with Crippen LogP contribution in [0.2, 0.25) is 0 Å². The molecule has 2 aromatic carbocycles. The summed E-state index contributed by atoms with van der Waals surface area (Å²) in [5.41, 5.74) is 8.26. The van der Waals surface area contributed by atoms with Crippen molar-refractivity contribution in [2.24, 2.45) is 0 Å². The summed E-state index contributed by atoms with van der Waals surface area (Å²) >= 11 is 0. The van der Waals surface area contributed by atoms with E-state index in [1.54, 1.807) is 0 Å². The second kappa shape index (κ2) is 4.89. The largest absolute Gasteiger partial charge is 0.0871 e. The summed E-state index contributed by atoms with van der Waals surface area (Å²) in [6.07, 6.45) is 9.57. The van der Waals surface area contributed by atoms with Crippen molar-refractivity contribution in [3.05, 3.63) is 70.8 Å². The average molecular weight is 246 g/mol. The van der Waals surface area contributed by atoms with Gasteiger partial charge in [-0.3, -0.25) is 0 Å². The van der Waals surface area contributed by atoms with E-state index in [9.17, 15) is 0 Å². The first-order valence-electron chi connectivity index (χ1n) is 6.83. The zero-order valence-electron chi connectivity index (χ0n) is 11.5. The molecule has 1 aliphatic carbocycles. The van der Waals surface area contributed by atoms with Crippen molar-refractivity contribution in [1.82, 2.24) is 0 Å². The SMILES string of the molecule is C/C=C\c1ccc2c(c1)-c1cc(/C=C\C)ccc1C2. The Bertz CT molecular complexity index is 613. The Kier molecular flexibility index (Phi) is 3.08. The molecule has 0 spiro atoms. The van der Waals surface area contributed by atoms with Crippen molar-refractivity contribution in [1.29, 1.82) is 0 Å². The van der Waals surface area contributed by atoms with Crippen LogP contribution in [0.15, 0.2) is 48.6 Å². The van der Waals surface area contributed by atoms with E-state index in [1.165, 1.54) is 33.4 Å². The van der Waals surface area contributed by atoms with Crippen molar-refractivity contribution >= 4 is 12.2 Å². The Morgan fingerprint density at radius 1 is 0.737 bits per heavy atom. The first kappa shape index (κ1) is 12.0. The van der Waals surface area contributed by atoms with E-state index in [1.807, 2.05) is 0 Å². The van der Waals surface area contributed by atoms with E-state index < -0.39 is 0 Å². The van der Waals surface area contributed by atoms with Crippen molar-refractivity contribution in [3.63, 3.8) is 0 Å². The predicted octanol–water partition coefficient (Wildman–Crippen LogP) is 5.32. The molecular weight excluding hydrogens is 228 g/mol. The molecule has 0 unspecified atom stereocenters. The molecule has 0 heteroatoms. The highest BCUT2D eigenvalue weighted by atomic mass is 14.2. The zero-order valence-corrected chi connectivity index (χ0v) is 11.5. The smallest absolute Gasteiger partial charge is 0.00134 e. The molecule has 0 heterocycles. The van der Waals surface area contributed by atoms with Gasteiger partial charge in [-0.25, -0.2) is 0 Å². The summed E-state index contributed by atoms with van der Waals surface area (Å²) in [6, 6.07) is 13.6. The fourth-order valence-electron chi connectivity index (χ4n) is 2.80. The Balaban J connectivity index is 2.13. The predicted molar refractivity (Wildman–Crippen MR) is 84.1 cm³/mol. The Labute approximate surface area is 115 Å². The molecular formula is C19H18. The number of hydrogen-bond acceptors (Lipinski definition) is 0. The Morgan fingerprint density at radius 3 is 1.63 bits per heavy atom. The molecule has 1 aliphatic rings. The van der Waals surface area contributed by atoms with Gasteiger partial charge >= 0.3 is 0 Å². The quantitative estimate of drug-likeness (QED) is 0.573. The standard InChI is InChI=1S/C19H18/c1-3-5-14-7-9-16-13-17-10-8-15(6-4-2)12-19(17)18(16)11-14/h3-12H,13H2,1-2H3/b5-3-,6-4-. The number of benzene rings is 2. The van der Waals surface area contributed by atoms with Crippen LogP contribution in [0.25, 0.3) is 23.3 Å². The fraction of sp³-hybridized carbons (Fsp3) is 0.158. The fourth-order valence-corrected chi connectivity index (χ4v) is 2.80. The first-order chi connectivity index (χ1) is 9.31. The molecule has 3 rings (SSSR count). The molecule has 0 saturated heterocycles. The summed E-state index contributed by atoms with van der Waals surface area (Å²) in [4.78, 5) is 0. The first-order valence-corrected chi connectivity index (χ1v) is 6.83. The van der Waals surface area contributed by atoms with Gasteiger partial charge in [0.1, 0.15) is 0 Å². The molecule has 0 saturated carbocycles. The maximum Gasteiger partial charge on any atom is -0.00134 e. The minimum Gasteiger partial charge on any atom is -0.0871 e. The maximum absolute atomic E-state index is 2.31. The third-order valence-corrected chi connectivity index (χ3v) is 3.66. The molecule has 0 nitrogen and oxygen atoms in total. The second-order valence-electron chi connectivity index (χ2n) is 5.01. The minimum atomic E-state index is 1.07. The van der Waals surface area contributed by atoms with Gasteiger partial charge in [-0.2, -0.15) is 0 Å². The van der Waals surface area contributed by atoms with Crippen molar-refractivity contribution < 1.29 is 0 Å². The molecule has 0 aliphatic heterocycles. The maximum atomic E-state index is 2.31. The topological polar surface area (TPSA) is 0 Å². The van der Waals surface area contributed by atoms with Crippen LogP contribution in [0.3, 0.4) is 0 Å². The van der Waals surface area contributed by atoms with Crippen LogP contribution >= 0.6 is 0 Å². The number of rotatable bonds is 2. The molecule has 19 heavy (non-hydrogen) atoms. The van der Waals surface area contributed by atoms with Crippen LogP contribution in [0, 0.1) is 0 Å². The Hall–Kier alpha value is -2.08. The summed E-state index contributed by atoms with van der Waals surface area (Å²) in [5, 5.41) is 0. The number of hydrogen-bond donors (Lipinski definition) is 0. The summed E-state index contributed by atoms with van der Waals surface area (Å²) in [5.74, 6) is 0. The normalized spacial score (nSPS) is 13.2. The van der Waals surface area contributed by atoms with Crippen molar-refractivity contribution in [2.45, 2.75) is 20.3 Å². The van der Waals surface area contributed by atoms with E-state index in [-0.39, 0.29) is 0 Å². The molecule has 94 valence electrons. The summed E-state index contributed by atoms with van der Waals surface area (Å²) < 4.78 is 0. The molecule has 0 N–H and O–H groups in total. The highest BCUT2D eigenvalue weighted by Gasteiger charge is 2.18.